The van der Waals surface area contributed by atoms with Crippen molar-refractivity contribution in [1.29, 1.82) is 0 Å². The summed E-state index contributed by atoms with van der Waals surface area (Å²) in [6, 6.07) is 7.02. The van der Waals surface area contributed by atoms with Crippen LogP contribution in [0.5, 0.6) is 0 Å². The van der Waals surface area contributed by atoms with Gasteiger partial charge in [-0.25, -0.2) is 4.79 Å². The summed E-state index contributed by atoms with van der Waals surface area (Å²) in [7, 11) is 1.60. The summed E-state index contributed by atoms with van der Waals surface area (Å²) >= 11 is 5.73. The molecule has 0 fully saturated rings. The van der Waals surface area contributed by atoms with E-state index in [1.165, 1.54) is 4.57 Å². The van der Waals surface area contributed by atoms with Crippen LogP contribution in [0, 0.1) is 0 Å². The van der Waals surface area contributed by atoms with Gasteiger partial charge in [0.2, 0.25) is 0 Å². The monoisotopic (exact) mass is 210 g/mol. The van der Waals surface area contributed by atoms with E-state index in [0.717, 1.165) is 5.56 Å². The van der Waals surface area contributed by atoms with Crippen LogP contribution in [0.25, 0.3) is 11.4 Å². The maximum absolute atomic E-state index is 11.0. The van der Waals surface area contributed by atoms with Gasteiger partial charge in [0.05, 0.1) is 0 Å². The van der Waals surface area contributed by atoms with Crippen molar-refractivity contribution in [2.75, 3.05) is 0 Å². The fourth-order valence-electron chi connectivity index (χ4n) is 1.14. The summed E-state index contributed by atoms with van der Waals surface area (Å²) in [6.45, 7) is 0. The molecule has 0 saturated carbocycles. The van der Waals surface area contributed by atoms with Crippen LogP contribution in [0.3, 0.4) is 0 Å². The molecule has 4 nitrogen and oxygen atoms in total. The van der Waals surface area contributed by atoms with Gasteiger partial charge in [-0.2, -0.15) is 0 Å². The van der Waals surface area contributed by atoms with E-state index in [0.29, 0.717) is 10.8 Å². The number of hydrogen-bond acceptors (Lipinski definition) is 3. The molecule has 1 heterocycles. The molecule has 0 aliphatic heterocycles. The average molecular weight is 211 g/mol. The van der Waals surface area contributed by atoms with Crippen molar-refractivity contribution >= 4 is 11.6 Å². The lowest BCUT2D eigenvalue weighted by Gasteiger charge is -1.97. The van der Waals surface area contributed by atoms with Gasteiger partial charge < -0.3 is 0 Å². The van der Waals surface area contributed by atoms with Gasteiger partial charge in [0.15, 0.2) is 5.82 Å². The summed E-state index contributed by atoms with van der Waals surface area (Å²) < 4.78 is 5.84. The number of benzene rings is 1. The topological polar surface area (TPSA) is 48.0 Å². The second-order valence-electron chi connectivity index (χ2n) is 2.84. The highest BCUT2D eigenvalue weighted by molar-refractivity contribution is 6.30. The maximum atomic E-state index is 11.0. The van der Waals surface area contributed by atoms with Crippen LogP contribution in [0.1, 0.15) is 0 Å². The second-order valence-corrected chi connectivity index (χ2v) is 3.27. The molecule has 5 heteroatoms. The van der Waals surface area contributed by atoms with Gasteiger partial charge in [-0.3, -0.25) is 9.09 Å². The first-order chi connectivity index (χ1) is 6.68. The van der Waals surface area contributed by atoms with E-state index < -0.39 is 5.76 Å². The lowest BCUT2D eigenvalue weighted by Crippen LogP contribution is -2.09. The third-order valence-electron chi connectivity index (χ3n) is 1.90. The molecule has 0 spiro atoms. The lowest BCUT2D eigenvalue weighted by atomic mass is 10.2. The minimum Gasteiger partial charge on any atom is -0.295 e. The van der Waals surface area contributed by atoms with Gasteiger partial charge in [-0.15, -0.1) is 0 Å². The highest BCUT2D eigenvalue weighted by atomic mass is 35.5. The predicted octanol–water partition coefficient (Wildman–Crippen LogP) is 1.69. The lowest BCUT2D eigenvalue weighted by molar-refractivity contribution is 0.380. The third-order valence-corrected chi connectivity index (χ3v) is 2.16. The summed E-state index contributed by atoms with van der Waals surface area (Å²) in [4.78, 5) is 11.0. The van der Waals surface area contributed by atoms with E-state index in [-0.39, 0.29) is 0 Å². The molecule has 0 N–H and O–H groups in total. The van der Waals surface area contributed by atoms with Gasteiger partial charge in [0, 0.05) is 17.6 Å². The molecule has 0 saturated heterocycles. The molecule has 0 bridgehead atoms. The largest absolute Gasteiger partial charge is 0.441 e. The summed E-state index contributed by atoms with van der Waals surface area (Å²) in [5.41, 5.74) is 0.794. The van der Waals surface area contributed by atoms with Crippen LogP contribution in [0.2, 0.25) is 5.02 Å². The Kier molecular flexibility index (Phi) is 2.13. The highest BCUT2D eigenvalue weighted by Gasteiger charge is 2.08. The number of aromatic nitrogens is 2. The smallest absolute Gasteiger partial charge is 0.295 e. The Labute approximate surface area is 84.7 Å². The molecule has 0 amide bonds. The molecule has 0 atom stereocenters. The van der Waals surface area contributed by atoms with Gasteiger partial charge in [-0.1, -0.05) is 16.8 Å². The minimum atomic E-state index is -0.477. The molecule has 2 rings (SSSR count). The third kappa shape index (κ3) is 1.44. The van der Waals surface area contributed by atoms with Crippen LogP contribution >= 0.6 is 11.6 Å². The zero-order valence-electron chi connectivity index (χ0n) is 7.40. The molecule has 1 aromatic heterocycles. The number of rotatable bonds is 1. The van der Waals surface area contributed by atoms with Gasteiger partial charge in [-0.05, 0) is 24.3 Å². The van der Waals surface area contributed by atoms with E-state index in [9.17, 15) is 4.79 Å². The molecular formula is C9H7ClN2O2. The standard InChI is InChI=1S/C9H7ClN2O2/c1-12-8(11-14-9(12)13)6-2-4-7(10)5-3-6/h2-5H,1H3. The van der Waals surface area contributed by atoms with Crippen molar-refractivity contribution in [1.82, 2.24) is 9.72 Å². The van der Waals surface area contributed by atoms with Crippen LogP contribution in [0.15, 0.2) is 33.6 Å². The number of nitrogens with zero attached hydrogens (tertiary/aromatic N) is 2. The Hall–Kier alpha value is -1.55. The van der Waals surface area contributed by atoms with E-state index in [4.69, 9.17) is 11.6 Å². The quantitative estimate of drug-likeness (QED) is 0.720. The first-order valence-electron chi connectivity index (χ1n) is 3.97. The summed E-state index contributed by atoms with van der Waals surface area (Å²) in [6.07, 6.45) is 0. The minimum absolute atomic E-state index is 0.477. The summed E-state index contributed by atoms with van der Waals surface area (Å²) in [5, 5.41) is 4.29. The van der Waals surface area contributed by atoms with Crippen molar-refractivity contribution < 1.29 is 4.52 Å². The Balaban J connectivity index is 2.55. The Morgan fingerprint density at radius 1 is 1.36 bits per heavy atom. The Morgan fingerprint density at radius 3 is 2.50 bits per heavy atom. The summed E-state index contributed by atoms with van der Waals surface area (Å²) in [5.74, 6) is 0.0154. The Bertz CT molecular complexity index is 498. The number of hydrogen-bond donors (Lipinski definition) is 0. The van der Waals surface area contributed by atoms with E-state index in [2.05, 4.69) is 9.68 Å². The molecule has 14 heavy (non-hydrogen) atoms. The fourth-order valence-corrected chi connectivity index (χ4v) is 1.26. The van der Waals surface area contributed by atoms with Crippen molar-refractivity contribution in [2.24, 2.45) is 7.05 Å². The van der Waals surface area contributed by atoms with Crippen molar-refractivity contribution in [3.63, 3.8) is 0 Å². The first-order valence-corrected chi connectivity index (χ1v) is 4.35. The van der Waals surface area contributed by atoms with Gasteiger partial charge in [0.1, 0.15) is 0 Å². The first kappa shape index (κ1) is 9.02. The molecule has 2 aromatic rings. The SMILES string of the molecule is Cn1c(-c2ccc(Cl)cc2)noc1=O. The molecular weight excluding hydrogens is 204 g/mol. The normalized spacial score (nSPS) is 10.4. The Morgan fingerprint density at radius 2 is 2.00 bits per heavy atom. The molecule has 0 aliphatic carbocycles. The van der Waals surface area contributed by atoms with Gasteiger partial charge >= 0.3 is 5.76 Å². The zero-order valence-corrected chi connectivity index (χ0v) is 8.15. The second kappa shape index (κ2) is 3.31. The van der Waals surface area contributed by atoms with Crippen molar-refractivity contribution in [3.05, 3.63) is 39.8 Å². The van der Waals surface area contributed by atoms with Gasteiger partial charge in [0.25, 0.3) is 0 Å². The maximum Gasteiger partial charge on any atom is 0.441 e. The predicted molar refractivity (Wildman–Crippen MR) is 52.2 cm³/mol. The van der Waals surface area contributed by atoms with Crippen LogP contribution < -0.4 is 5.76 Å². The molecule has 72 valence electrons. The van der Waals surface area contributed by atoms with Crippen molar-refractivity contribution in [2.45, 2.75) is 0 Å². The van der Waals surface area contributed by atoms with Crippen LogP contribution in [-0.2, 0) is 7.05 Å². The van der Waals surface area contributed by atoms with E-state index >= 15 is 0 Å². The molecule has 0 unspecified atom stereocenters. The fraction of sp³-hybridized carbons (Fsp3) is 0.111. The van der Waals surface area contributed by atoms with Crippen molar-refractivity contribution in [3.8, 4) is 11.4 Å². The van der Waals surface area contributed by atoms with E-state index in [1.54, 1.807) is 31.3 Å². The van der Waals surface area contributed by atoms with Crippen LogP contribution in [0.4, 0.5) is 0 Å². The molecule has 0 radical (unpaired) electrons. The van der Waals surface area contributed by atoms with Crippen LogP contribution in [-0.4, -0.2) is 9.72 Å². The number of halogens is 1. The average Bonchev–Trinajstić information content (AvgIpc) is 2.50. The zero-order chi connectivity index (χ0) is 10.1. The molecule has 0 aliphatic rings. The molecule has 1 aromatic carbocycles. The van der Waals surface area contributed by atoms with E-state index in [1.807, 2.05) is 0 Å². The highest BCUT2D eigenvalue weighted by Crippen LogP contribution is 2.17.